The van der Waals surface area contributed by atoms with Gasteiger partial charge in [-0.3, -0.25) is 30.0 Å². The molecule has 9 nitrogen and oxygen atoms in total. The molecule has 0 aromatic heterocycles. The van der Waals surface area contributed by atoms with E-state index in [1.165, 1.54) is 31.4 Å². The molecule has 158 valence electrons. The standard InChI is InChI=1S/C20H20ClN3O6/c1-29-16-8-6-15(7-9-16)22-17(25)10-11-19(27)30-12-18(26)23-24-20(28)13-2-4-14(21)5-3-13/h2-9H,10-12H2,1H3,(H,22,25)(H,23,26)(H,24,28). The summed E-state index contributed by atoms with van der Waals surface area (Å²) in [5.41, 5.74) is 5.15. The lowest BCUT2D eigenvalue weighted by Gasteiger charge is -2.09. The van der Waals surface area contributed by atoms with Crippen molar-refractivity contribution in [2.24, 2.45) is 0 Å². The maximum atomic E-state index is 11.9. The Kier molecular flexibility index (Phi) is 8.64. The second-order valence-electron chi connectivity index (χ2n) is 5.95. The van der Waals surface area contributed by atoms with Crippen LogP contribution in [0.1, 0.15) is 23.2 Å². The van der Waals surface area contributed by atoms with Crippen LogP contribution in [0.5, 0.6) is 5.75 Å². The zero-order chi connectivity index (χ0) is 21.9. The first kappa shape index (κ1) is 22.7. The van der Waals surface area contributed by atoms with Gasteiger partial charge in [0.1, 0.15) is 5.75 Å². The van der Waals surface area contributed by atoms with Crippen LogP contribution in [0.15, 0.2) is 48.5 Å². The minimum absolute atomic E-state index is 0.111. The number of carbonyl (C=O) groups is 4. The van der Waals surface area contributed by atoms with Gasteiger partial charge in [-0.1, -0.05) is 11.6 Å². The van der Waals surface area contributed by atoms with Crippen LogP contribution in [0.3, 0.4) is 0 Å². The van der Waals surface area contributed by atoms with Gasteiger partial charge in [0.2, 0.25) is 5.91 Å². The summed E-state index contributed by atoms with van der Waals surface area (Å²) in [4.78, 5) is 47.0. The van der Waals surface area contributed by atoms with Crippen molar-refractivity contribution in [2.75, 3.05) is 19.0 Å². The average molecular weight is 434 g/mol. The molecule has 0 heterocycles. The number of ether oxygens (including phenoxy) is 2. The number of hydrogen-bond acceptors (Lipinski definition) is 6. The molecule has 0 unspecified atom stereocenters. The lowest BCUT2D eigenvalue weighted by atomic mass is 10.2. The maximum absolute atomic E-state index is 11.9. The highest BCUT2D eigenvalue weighted by Crippen LogP contribution is 2.15. The largest absolute Gasteiger partial charge is 0.497 e. The van der Waals surface area contributed by atoms with E-state index in [4.69, 9.17) is 21.1 Å². The molecular formula is C20H20ClN3O6. The van der Waals surface area contributed by atoms with Crippen molar-refractivity contribution in [1.82, 2.24) is 10.9 Å². The van der Waals surface area contributed by atoms with E-state index in [1.807, 2.05) is 0 Å². The summed E-state index contributed by atoms with van der Waals surface area (Å²) in [5, 5.41) is 3.10. The minimum atomic E-state index is -0.728. The van der Waals surface area contributed by atoms with Crippen molar-refractivity contribution in [3.8, 4) is 5.75 Å². The summed E-state index contributed by atoms with van der Waals surface area (Å²) in [7, 11) is 1.53. The topological polar surface area (TPSA) is 123 Å². The Labute approximate surface area is 177 Å². The van der Waals surface area contributed by atoms with E-state index in [2.05, 4.69) is 16.2 Å². The predicted molar refractivity (Wildman–Crippen MR) is 109 cm³/mol. The van der Waals surface area contributed by atoms with Gasteiger partial charge in [0.15, 0.2) is 6.61 Å². The van der Waals surface area contributed by atoms with Crippen LogP contribution in [0.25, 0.3) is 0 Å². The lowest BCUT2D eigenvalue weighted by Crippen LogP contribution is -2.43. The van der Waals surface area contributed by atoms with Gasteiger partial charge in [-0.25, -0.2) is 0 Å². The molecule has 0 saturated carbocycles. The fourth-order valence-electron chi connectivity index (χ4n) is 2.17. The van der Waals surface area contributed by atoms with Crippen molar-refractivity contribution in [3.63, 3.8) is 0 Å². The van der Waals surface area contributed by atoms with Crippen LogP contribution in [0.2, 0.25) is 5.02 Å². The van der Waals surface area contributed by atoms with Crippen molar-refractivity contribution in [3.05, 3.63) is 59.1 Å². The summed E-state index contributed by atoms with van der Waals surface area (Å²) in [6, 6.07) is 12.7. The molecule has 2 rings (SSSR count). The smallest absolute Gasteiger partial charge is 0.306 e. The van der Waals surface area contributed by atoms with Crippen molar-refractivity contribution in [2.45, 2.75) is 12.8 Å². The molecule has 10 heteroatoms. The molecule has 0 aliphatic heterocycles. The normalized spacial score (nSPS) is 9.93. The molecule has 2 aromatic carbocycles. The quantitative estimate of drug-likeness (QED) is 0.432. The molecule has 0 aliphatic carbocycles. The van der Waals surface area contributed by atoms with Crippen molar-refractivity contribution in [1.29, 1.82) is 0 Å². The molecule has 0 bridgehead atoms. The number of carbonyl (C=O) groups excluding carboxylic acids is 4. The number of rotatable bonds is 8. The molecule has 0 fully saturated rings. The summed E-state index contributed by atoms with van der Waals surface area (Å²) >= 11 is 5.73. The molecule has 30 heavy (non-hydrogen) atoms. The van der Waals surface area contributed by atoms with Gasteiger partial charge in [-0.15, -0.1) is 0 Å². The fourth-order valence-corrected chi connectivity index (χ4v) is 2.29. The molecule has 0 radical (unpaired) electrons. The Morgan fingerprint density at radius 1 is 0.867 bits per heavy atom. The molecular weight excluding hydrogens is 414 g/mol. The Bertz CT molecular complexity index is 900. The third kappa shape index (κ3) is 7.80. The molecule has 0 spiro atoms. The Morgan fingerprint density at radius 3 is 2.17 bits per heavy atom. The number of methoxy groups -OCH3 is 1. The van der Waals surface area contributed by atoms with E-state index < -0.39 is 24.4 Å². The summed E-state index contributed by atoms with van der Waals surface area (Å²) in [6.45, 7) is -0.597. The summed E-state index contributed by atoms with van der Waals surface area (Å²) in [6.07, 6.45) is -0.313. The molecule has 3 N–H and O–H groups in total. The maximum Gasteiger partial charge on any atom is 0.306 e. The fraction of sp³-hybridized carbons (Fsp3) is 0.200. The van der Waals surface area contributed by atoms with E-state index in [9.17, 15) is 19.2 Å². The number of halogens is 1. The van der Waals surface area contributed by atoms with Gasteiger partial charge < -0.3 is 14.8 Å². The van der Waals surface area contributed by atoms with E-state index in [-0.39, 0.29) is 18.7 Å². The highest BCUT2D eigenvalue weighted by atomic mass is 35.5. The SMILES string of the molecule is COc1ccc(NC(=O)CCC(=O)OCC(=O)NNC(=O)c2ccc(Cl)cc2)cc1. The molecule has 2 aromatic rings. The molecule has 3 amide bonds. The number of amides is 3. The first-order valence-corrected chi connectivity index (χ1v) is 9.19. The summed E-state index contributed by atoms with van der Waals surface area (Å²) < 4.78 is 9.79. The number of hydrazine groups is 1. The Hall–Kier alpha value is -3.59. The van der Waals surface area contributed by atoms with E-state index in [0.29, 0.717) is 22.0 Å². The number of anilines is 1. The minimum Gasteiger partial charge on any atom is -0.497 e. The van der Waals surface area contributed by atoms with Crippen molar-refractivity contribution < 1.29 is 28.7 Å². The Morgan fingerprint density at radius 2 is 1.53 bits per heavy atom. The van der Waals surface area contributed by atoms with Crippen LogP contribution in [-0.4, -0.2) is 37.4 Å². The first-order valence-electron chi connectivity index (χ1n) is 8.81. The summed E-state index contributed by atoms with van der Waals surface area (Å²) in [5.74, 6) is -1.73. The molecule has 0 atom stereocenters. The van der Waals surface area contributed by atoms with E-state index in [0.717, 1.165) is 0 Å². The second-order valence-corrected chi connectivity index (χ2v) is 6.38. The van der Waals surface area contributed by atoms with Gasteiger partial charge in [-0.05, 0) is 48.5 Å². The van der Waals surface area contributed by atoms with Crippen LogP contribution in [0, 0.1) is 0 Å². The van der Waals surface area contributed by atoms with Gasteiger partial charge in [0.05, 0.1) is 13.5 Å². The van der Waals surface area contributed by atoms with Crippen LogP contribution in [0.4, 0.5) is 5.69 Å². The second kappa shape index (κ2) is 11.4. The Balaban J connectivity index is 1.63. The first-order chi connectivity index (χ1) is 14.4. The zero-order valence-corrected chi connectivity index (χ0v) is 16.8. The van der Waals surface area contributed by atoms with Gasteiger partial charge in [0, 0.05) is 22.7 Å². The third-order valence-corrected chi connectivity index (χ3v) is 3.97. The number of benzene rings is 2. The number of hydrogen-bond donors (Lipinski definition) is 3. The van der Waals surface area contributed by atoms with Gasteiger partial charge in [0.25, 0.3) is 11.8 Å². The third-order valence-electron chi connectivity index (χ3n) is 3.72. The number of nitrogens with one attached hydrogen (secondary N) is 3. The molecule has 0 aliphatic rings. The van der Waals surface area contributed by atoms with E-state index in [1.54, 1.807) is 24.3 Å². The monoisotopic (exact) mass is 433 g/mol. The van der Waals surface area contributed by atoms with Crippen molar-refractivity contribution >= 4 is 41.0 Å². The molecule has 0 saturated heterocycles. The zero-order valence-electron chi connectivity index (χ0n) is 16.1. The highest BCUT2D eigenvalue weighted by Gasteiger charge is 2.12. The van der Waals surface area contributed by atoms with Crippen LogP contribution in [-0.2, 0) is 19.1 Å². The highest BCUT2D eigenvalue weighted by molar-refractivity contribution is 6.30. The lowest BCUT2D eigenvalue weighted by molar-refractivity contribution is -0.149. The van der Waals surface area contributed by atoms with Gasteiger partial charge in [-0.2, -0.15) is 0 Å². The van der Waals surface area contributed by atoms with Gasteiger partial charge >= 0.3 is 5.97 Å². The number of esters is 1. The van der Waals surface area contributed by atoms with E-state index >= 15 is 0 Å². The van der Waals surface area contributed by atoms with Crippen LogP contribution >= 0.6 is 11.6 Å². The van der Waals surface area contributed by atoms with Crippen LogP contribution < -0.4 is 20.9 Å². The predicted octanol–water partition coefficient (Wildman–Crippen LogP) is 2.07. The average Bonchev–Trinajstić information content (AvgIpc) is 2.75.